The number of rotatable bonds is 9. The zero-order valence-corrected chi connectivity index (χ0v) is 17.9. The van der Waals surface area contributed by atoms with Gasteiger partial charge in [0.1, 0.15) is 11.5 Å². The summed E-state index contributed by atoms with van der Waals surface area (Å²) >= 11 is 0. The van der Waals surface area contributed by atoms with Crippen molar-refractivity contribution >= 4 is 11.7 Å². The maximum atomic E-state index is 12.8. The normalized spacial score (nSPS) is 17.4. The van der Waals surface area contributed by atoms with E-state index in [1.54, 1.807) is 14.2 Å². The van der Waals surface area contributed by atoms with E-state index in [0.717, 1.165) is 42.0 Å². The number of carbonyl (C=O) groups excluding carboxylic acids is 2. The third-order valence-electron chi connectivity index (χ3n) is 5.62. The Morgan fingerprint density at radius 3 is 2.57 bits per heavy atom. The molecule has 0 aromatic heterocycles. The van der Waals surface area contributed by atoms with Gasteiger partial charge in [-0.25, -0.2) is 0 Å². The highest BCUT2D eigenvalue weighted by atomic mass is 16.5. The first-order valence-electron chi connectivity index (χ1n) is 10.3. The van der Waals surface area contributed by atoms with Crippen molar-refractivity contribution in [1.82, 2.24) is 10.2 Å². The molecule has 1 N–H and O–H groups in total. The van der Waals surface area contributed by atoms with Crippen molar-refractivity contribution < 1.29 is 19.1 Å². The van der Waals surface area contributed by atoms with Crippen LogP contribution in [0, 0.1) is 0 Å². The molecule has 1 heterocycles. The van der Waals surface area contributed by atoms with Crippen LogP contribution in [-0.2, 0) is 16.0 Å². The average molecular weight is 411 g/mol. The van der Waals surface area contributed by atoms with Gasteiger partial charge in [0, 0.05) is 17.7 Å². The molecule has 6 nitrogen and oxygen atoms in total. The van der Waals surface area contributed by atoms with Gasteiger partial charge in [0.2, 0.25) is 5.91 Å². The molecule has 1 saturated heterocycles. The fraction of sp³-hybridized carbons (Fsp3) is 0.417. The molecule has 3 rings (SSSR count). The highest BCUT2D eigenvalue weighted by Gasteiger charge is 2.30. The van der Waals surface area contributed by atoms with Crippen molar-refractivity contribution in [2.24, 2.45) is 0 Å². The van der Waals surface area contributed by atoms with Crippen LogP contribution >= 0.6 is 0 Å². The van der Waals surface area contributed by atoms with E-state index >= 15 is 0 Å². The molecule has 1 aliphatic rings. The van der Waals surface area contributed by atoms with Crippen molar-refractivity contribution in [1.29, 1.82) is 0 Å². The minimum Gasteiger partial charge on any atom is -0.497 e. The second kappa shape index (κ2) is 10.3. The predicted octanol–water partition coefficient (Wildman–Crippen LogP) is 3.16. The molecule has 6 heteroatoms. The SMILES string of the molecule is COc1ccc([C@H]2CCCN2CC(=O)N[C@@H](Cc2ccccc2)C(C)=O)c(OC)c1. The summed E-state index contributed by atoms with van der Waals surface area (Å²) < 4.78 is 10.9. The quantitative estimate of drug-likeness (QED) is 0.688. The van der Waals surface area contributed by atoms with Crippen LogP contribution in [0.2, 0.25) is 0 Å². The van der Waals surface area contributed by atoms with Crippen LogP contribution in [0.3, 0.4) is 0 Å². The van der Waals surface area contributed by atoms with Crippen LogP contribution in [0.5, 0.6) is 11.5 Å². The summed E-state index contributed by atoms with van der Waals surface area (Å²) in [7, 11) is 3.27. The highest BCUT2D eigenvalue weighted by Crippen LogP contribution is 2.38. The van der Waals surface area contributed by atoms with E-state index in [9.17, 15) is 9.59 Å². The number of methoxy groups -OCH3 is 2. The highest BCUT2D eigenvalue weighted by molar-refractivity contribution is 5.88. The monoisotopic (exact) mass is 410 g/mol. The van der Waals surface area contributed by atoms with E-state index in [2.05, 4.69) is 10.2 Å². The van der Waals surface area contributed by atoms with Gasteiger partial charge in [-0.1, -0.05) is 36.4 Å². The van der Waals surface area contributed by atoms with Gasteiger partial charge in [-0.15, -0.1) is 0 Å². The summed E-state index contributed by atoms with van der Waals surface area (Å²) in [6, 6.07) is 15.1. The number of amides is 1. The number of ether oxygens (including phenoxy) is 2. The van der Waals surface area contributed by atoms with E-state index < -0.39 is 6.04 Å². The first kappa shape index (κ1) is 21.8. The molecule has 2 aromatic carbocycles. The lowest BCUT2D eigenvalue weighted by Crippen LogP contribution is -2.45. The summed E-state index contributed by atoms with van der Waals surface area (Å²) in [6.07, 6.45) is 2.46. The van der Waals surface area contributed by atoms with Crippen LogP contribution in [0.25, 0.3) is 0 Å². The number of nitrogens with zero attached hydrogens (tertiary/aromatic N) is 1. The Kier molecular flexibility index (Phi) is 7.46. The van der Waals surface area contributed by atoms with Crippen molar-refractivity contribution in [3.8, 4) is 11.5 Å². The molecule has 1 fully saturated rings. The zero-order chi connectivity index (χ0) is 21.5. The van der Waals surface area contributed by atoms with Crippen molar-refractivity contribution in [2.45, 2.75) is 38.3 Å². The van der Waals surface area contributed by atoms with Gasteiger partial charge in [0.05, 0.1) is 26.8 Å². The lowest BCUT2D eigenvalue weighted by Gasteiger charge is -2.26. The fourth-order valence-corrected chi connectivity index (χ4v) is 4.03. The Balaban J connectivity index is 1.67. The first-order chi connectivity index (χ1) is 14.5. The van der Waals surface area contributed by atoms with Gasteiger partial charge < -0.3 is 14.8 Å². The smallest absolute Gasteiger partial charge is 0.234 e. The van der Waals surface area contributed by atoms with E-state index in [4.69, 9.17) is 9.47 Å². The molecule has 1 aliphatic heterocycles. The minimum atomic E-state index is -0.517. The molecule has 160 valence electrons. The standard InChI is InChI=1S/C24H30N2O4/c1-17(27)21(14-18-8-5-4-6-9-18)25-24(28)16-26-13-7-10-22(26)20-12-11-19(29-2)15-23(20)30-3/h4-6,8-9,11-12,15,21-22H,7,10,13-14,16H2,1-3H3,(H,25,28)/t21-,22+/m0/s1. The Hall–Kier alpha value is -2.86. The minimum absolute atomic E-state index is 0.0398. The molecule has 0 aliphatic carbocycles. The maximum absolute atomic E-state index is 12.8. The van der Waals surface area contributed by atoms with E-state index in [1.807, 2.05) is 48.5 Å². The topological polar surface area (TPSA) is 67.9 Å². The molecule has 2 aromatic rings. The second-order valence-corrected chi connectivity index (χ2v) is 7.66. The zero-order valence-electron chi connectivity index (χ0n) is 17.9. The van der Waals surface area contributed by atoms with Crippen LogP contribution in [0.4, 0.5) is 0 Å². The fourth-order valence-electron chi connectivity index (χ4n) is 4.03. The number of ketones is 1. The van der Waals surface area contributed by atoms with Gasteiger partial charge >= 0.3 is 0 Å². The van der Waals surface area contributed by atoms with Crippen LogP contribution in [-0.4, -0.2) is 49.9 Å². The molecule has 30 heavy (non-hydrogen) atoms. The largest absolute Gasteiger partial charge is 0.497 e. The summed E-state index contributed by atoms with van der Waals surface area (Å²) in [5.41, 5.74) is 2.08. The first-order valence-corrected chi connectivity index (χ1v) is 10.3. The Labute approximate surface area is 178 Å². The summed E-state index contributed by atoms with van der Waals surface area (Å²) in [5, 5.41) is 2.93. The van der Waals surface area contributed by atoms with Crippen LogP contribution in [0.15, 0.2) is 48.5 Å². The van der Waals surface area contributed by atoms with Gasteiger partial charge in [-0.2, -0.15) is 0 Å². The Morgan fingerprint density at radius 1 is 1.13 bits per heavy atom. The Bertz CT molecular complexity index is 869. The molecule has 0 radical (unpaired) electrons. The summed E-state index contributed by atoms with van der Waals surface area (Å²) in [4.78, 5) is 27.0. The third-order valence-corrected chi connectivity index (χ3v) is 5.62. The van der Waals surface area contributed by atoms with Crippen LogP contribution < -0.4 is 14.8 Å². The molecular weight excluding hydrogens is 380 g/mol. The van der Waals surface area contributed by atoms with Crippen molar-refractivity contribution in [2.75, 3.05) is 27.3 Å². The van der Waals surface area contributed by atoms with Crippen molar-refractivity contribution in [3.63, 3.8) is 0 Å². The number of hydrogen-bond acceptors (Lipinski definition) is 5. The number of likely N-dealkylation sites (tertiary alicyclic amines) is 1. The van der Waals surface area contributed by atoms with Crippen molar-refractivity contribution in [3.05, 3.63) is 59.7 Å². The maximum Gasteiger partial charge on any atom is 0.234 e. The predicted molar refractivity (Wildman–Crippen MR) is 116 cm³/mol. The van der Waals surface area contributed by atoms with Gasteiger partial charge in [0.25, 0.3) is 0 Å². The van der Waals surface area contributed by atoms with E-state index in [1.165, 1.54) is 6.92 Å². The molecule has 1 amide bonds. The molecule has 0 unspecified atom stereocenters. The number of Topliss-reactive ketones (excluding diaryl/α,β-unsaturated/α-hetero) is 1. The lowest BCUT2D eigenvalue weighted by atomic mass is 10.0. The molecular formula is C24H30N2O4. The van der Waals surface area contributed by atoms with E-state index in [-0.39, 0.29) is 24.3 Å². The summed E-state index contributed by atoms with van der Waals surface area (Å²) in [6.45, 7) is 2.60. The third kappa shape index (κ3) is 5.39. The van der Waals surface area contributed by atoms with Gasteiger partial charge in [-0.3, -0.25) is 14.5 Å². The Morgan fingerprint density at radius 2 is 1.90 bits per heavy atom. The molecule has 2 atom stereocenters. The van der Waals surface area contributed by atoms with Crippen LogP contribution in [0.1, 0.15) is 36.9 Å². The second-order valence-electron chi connectivity index (χ2n) is 7.66. The molecule has 0 spiro atoms. The summed E-state index contributed by atoms with van der Waals surface area (Å²) in [5.74, 6) is 1.33. The molecule has 0 saturated carbocycles. The number of carbonyl (C=O) groups is 2. The number of hydrogen-bond donors (Lipinski definition) is 1. The number of benzene rings is 2. The number of nitrogens with one attached hydrogen (secondary N) is 1. The average Bonchev–Trinajstić information content (AvgIpc) is 3.21. The molecule has 0 bridgehead atoms. The lowest BCUT2D eigenvalue weighted by molar-refractivity contribution is -0.127. The van der Waals surface area contributed by atoms with E-state index in [0.29, 0.717) is 6.42 Å². The van der Waals surface area contributed by atoms with Gasteiger partial charge in [0.15, 0.2) is 5.78 Å². The van der Waals surface area contributed by atoms with Gasteiger partial charge in [-0.05, 0) is 44.4 Å².